The van der Waals surface area contributed by atoms with Gasteiger partial charge in [0.15, 0.2) is 0 Å². The van der Waals surface area contributed by atoms with Gasteiger partial charge in [-0.2, -0.15) is 15.4 Å². The van der Waals surface area contributed by atoms with Gasteiger partial charge in [-0.05, 0) is 17.0 Å². The molecule has 0 aliphatic carbocycles. The number of ether oxygens (including phenoxy) is 1. The van der Waals surface area contributed by atoms with E-state index in [9.17, 15) is 9.59 Å². The van der Waals surface area contributed by atoms with Gasteiger partial charge in [0, 0.05) is 35.9 Å². The van der Waals surface area contributed by atoms with E-state index in [4.69, 9.17) is 4.74 Å². The maximum atomic E-state index is 13.5. The van der Waals surface area contributed by atoms with Crippen LogP contribution in [0, 0.1) is 10.8 Å². The Kier molecular flexibility index (Phi) is 7.78. The molecule has 196 valence electrons. The van der Waals surface area contributed by atoms with Gasteiger partial charge in [0.05, 0.1) is 25.4 Å². The van der Waals surface area contributed by atoms with Crippen LogP contribution in [0.1, 0.15) is 53.0 Å². The van der Waals surface area contributed by atoms with E-state index in [1.165, 1.54) is 0 Å². The Morgan fingerprint density at radius 3 is 2.30 bits per heavy atom. The van der Waals surface area contributed by atoms with Gasteiger partial charge < -0.3 is 15.0 Å². The molecule has 2 N–H and O–H groups in total. The lowest BCUT2D eigenvalue weighted by atomic mass is 9.94. The second-order valence-corrected chi connectivity index (χ2v) is 11.7. The molecule has 0 atom stereocenters. The van der Waals surface area contributed by atoms with E-state index in [-0.39, 0.29) is 35.5 Å². The Hall–Kier alpha value is -3.52. The predicted molar refractivity (Wildman–Crippen MR) is 145 cm³/mol. The fourth-order valence-electron chi connectivity index (χ4n) is 4.35. The largest absolute Gasteiger partial charge is 0.380 e. The van der Waals surface area contributed by atoms with Crippen molar-refractivity contribution >= 4 is 17.5 Å². The quantitative estimate of drug-likeness (QED) is 0.452. The standard InChI is InChI=1S/C29H37N5O3/c1-28(2,3)18-37-19-29(4,5)17-30-24(35)14-15-25(36)34-16-20-10-6-7-11-21(20)26-27(32-33-31-26)22-12-8-9-13-23(22)34/h6-13H,14-19H2,1-5H3,(H,30,35)(H,31,32,33). The summed E-state index contributed by atoms with van der Waals surface area (Å²) in [5.74, 6) is -0.256. The number of fused-ring (bicyclic) bond motifs is 5. The molecular weight excluding hydrogens is 466 g/mol. The highest BCUT2D eigenvalue weighted by Gasteiger charge is 2.28. The number of nitrogens with zero attached hydrogens (tertiary/aromatic N) is 3. The number of carbonyl (C=O) groups is 2. The number of amides is 2. The van der Waals surface area contributed by atoms with Crippen molar-refractivity contribution in [3.63, 3.8) is 0 Å². The van der Waals surface area contributed by atoms with E-state index in [2.05, 4.69) is 55.3 Å². The van der Waals surface area contributed by atoms with Gasteiger partial charge in [0.2, 0.25) is 11.8 Å². The van der Waals surface area contributed by atoms with E-state index in [1.54, 1.807) is 4.90 Å². The van der Waals surface area contributed by atoms with Crippen LogP contribution in [0.2, 0.25) is 0 Å². The minimum atomic E-state index is -0.202. The SMILES string of the molecule is CC(C)(C)COCC(C)(C)CNC(=O)CCC(=O)N1Cc2ccccc2-c2n[nH]nc2-c2ccccc21. The molecular formula is C29H37N5O3. The first-order chi connectivity index (χ1) is 17.5. The summed E-state index contributed by atoms with van der Waals surface area (Å²) in [5.41, 5.74) is 4.86. The number of hydrogen-bond donors (Lipinski definition) is 2. The number of aromatic amines is 1. The highest BCUT2D eigenvalue weighted by molar-refractivity contribution is 6.01. The minimum Gasteiger partial charge on any atom is -0.380 e. The molecule has 0 fully saturated rings. The van der Waals surface area contributed by atoms with Crippen LogP contribution < -0.4 is 10.2 Å². The smallest absolute Gasteiger partial charge is 0.227 e. The van der Waals surface area contributed by atoms with Crippen LogP contribution in [0.5, 0.6) is 0 Å². The van der Waals surface area contributed by atoms with E-state index in [0.29, 0.717) is 32.0 Å². The minimum absolute atomic E-state index is 0.0976. The molecule has 0 bridgehead atoms. The molecule has 2 amide bonds. The van der Waals surface area contributed by atoms with Gasteiger partial charge in [-0.15, -0.1) is 0 Å². The summed E-state index contributed by atoms with van der Waals surface area (Å²) in [6.07, 6.45) is 0.224. The average Bonchev–Trinajstić information content (AvgIpc) is 3.32. The molecule has 0 saturated heterocycles. The van der Waals surface area contributed by atoms with Gasteiger partial charge in [-0.1, -0.05) is 77.1 Å². The van der Waals surface area contributed by atoms with E-state index in [1.807, 2.05) is 48.5 Å². The van der Waals surface area contributed by atoms with Crippen molar-refractivity contribution in [1.29, 1.82) is 0 Å². The highest BCUT2D eigenvalue weighted by Crippen LogP contribution is 2.39. The van der Waals surface area contributed by atoms with Crippen LogP contribution in [-0.2, 0) is 20.9 Å². The Balaban J connectivity index is 1.43. The second kappa shape index (κ2) is 10.8. The Labute approximate surface area is 218 Å². The van der Waals surface area contributed by atoms with Gasteiger partial charge >= 0.3 is 0 Å². The van der Waals surface area contributed by atoms with E-state index < -0.39 is 0 Å². The number of anilines is 1. The number of para-hydroxylation sites is 1. The van der Waals surface area contributed by atoms with Gasteiger partial charge in [0.1, 0.15) is 11.4 Å². The third-order valence-electron chi connectivity index (χ3n) is 6.26. The topological polar surface area (TPSA) is 100 Å². The van der Waals surface area contributed by atoms with Crippen LogP contribution in [-0.4, -0.2) is 47.0 Å². The van der Waals surface area contributed by atoms with Gasteiger partial charge in [-0.3, -0.25) is 9.59 Å². The maximum Gasteiger partial charge on any atom is 0.227 e. The number of benzene rings is 2. The number of aromatic nitrogens is 3. The molecule has 2 heterocycles. The molecule has 4 rings (SSSR count). The van der Waals surface area contributed by atoms with Crippen LogP contribution in [0.25, 0.3) is 22.5 Å². The maximum absolute atomic E-state index is 13.5. The van der Waals surface area contributed by atoms with Gasteiger partial charge in [-0.25, -0.2) is 0 Å². The lowest BCUT2D eigenvalue weighted by Gasteiger charge is -2.28. The lowest BCUT2D eigenvalue weighted by Crippen LogP contribution is -2.38. The molecule has 0 radical (unpaired) electrons. The van der Waals surface area contributed by atoms with Crippen LogP contribution >= 0.6 is 0 Å². The Morgan fingerprint density at radius 2 is 1.57 bits per heavy atom. The van der Waals surface area contributed by atoms with Gasteiger partial charge in [0.25, 0.3) is 0 Å². The second-order valence-electron chi connectivity index (χ2n) is 11.7. The molecule has 8 nitrogen and oxygen atoms in total. The van der Waals surface area contributed by atoms with Crippen molar-refractivity contribution in [2.24, 2.45) is 10.8 Å². The number of hydrogen-bond acceptors (Lipinski definition) is 5. The summed E-state index contributed by atoms with van der Waals surface area (Å²) in [6.45, 7) is 12.6. The monoisotopic (exact) mass is 503 g/mol. The number of H-pyrrole nitrogens is 1. The Bertz CT molecular complexity index is 1260. The molecule has 1 aliphatic rings. The summed E-state index contributed by atoms with van der Waals surface area (Å²) >= 11 is 0. The molecule has 3 aromatic rings. The van der Waals surface area contributed by atoms with Crippen molar-refractivity contribution in [1.82, 2.24) is 20.7 Å². The predicted octanol–water partition coefficient (Wildman–Crippen LogP) is 4.97. The first-order valence-corrected chi connectivity index (χ1v) is 12.8. The highest BCUT2D eigenvalue weighted by atomic mass is 16.5. The summed E-state index contributed by atoms with van der Waals surface area (Å²) in [6, 6.07) is 15.6. The molecule has 0 saturated carbocycles. The number of rotatable bonds is 8. The molecule has 8 heteroatoms. The summed E-state index contributed by atoms with van der Waals surface area (Å²) in [4.78, 5) is 27.9. The third-order valence-corrected chi connectivity index (χ3v) is 6.26. The summed E-state index contributed by atoms with van der Waals surface area (Å²) < 4.78 is 5.85. The van der Waals surface area contributed by atoms with Crippen molar-refractivity contribution in [2.45, 2.75) is 54.0 Å². The van der Waals surface area contributed by atoms with Crippen molar-refractivity contribution < 1.29 is 14.3 Å². The first-order valence-electron chi connectivity index (χ1n) is 12.8. The fraction of sp³-hybridized carbons (Fsp3) is 0.448. The van der Waals surface area contributed by atoms with E-state index >= 15 is 0 Å². The van der Waals surface area contributed by atoms with Crippen molar-refractivity contribution in [2.75, 3.05) is 24.7 Å². The molecule has 0 unspecified atom stereocenters. The molecule has 2 aromatic carbocycles. The van der Waals surface area contributed by atoms with Crippen LogP contribution in [0.4, 0.5) is 5.69 Å². The van der Waals surface area contributed by atoms with E-state index in [0.717, 1.165) is 28.1 Å². The zero-order valence-electron chi connectivity index (χ0n) is 22.4. The molecule has 0 spiro atoms. The van der Waals surface area contributed by atoms with Crippen LogP contribution in [0.15, 0.2) is 48.5 Å². The zero-order chi connectivity index (χ0) is 26.6. The average molecular weight is 504 g/mol. The van der Waals surface area contributed by atoms with Crippen molar-refractivity contribution in [3.05, 3.63) is 54.1 Å². The third kappa shape index (κ3) is 6.63. The molecule has 1 aliphatic heterocycles. The molecule has 1 aromatic heterocycles. The number of nitrogens with one attached hydrogen (secondary N) is 2. The normalized spacial score (nSPS) is 13.2. The van der Waals surface area contributed by atoms with Crippen LogP contribution in [0.3, 0.4) is 0 Å². The molecule has 37 heavy (non-hydrogen) atoms. The fourth-order valence-corrected chi connectivity index (χ4v) is 4.35. The lowest BCUT2D eigenvalue weighted by molar-refractivity contribution is -0.125. The Morgan fingerprint density at radius 1 is 0.919 bits per heavy atom. The first kappa shape index (κ1) is 26.5. The number of carbonyl (C=O) groups excluding carboxylic acids is 2. The summed E-state index contributed by atoms with van der Waals surface area (Å²) in [5, 5.41) is 14.5. The zero-order valence-corrected chi connectivity index (χ0v) is 22.4. The van der Waals surface area contributed by atoms with Crippen molar-refractivity contribution in [3.8, 4) is 22.5 Å². The summed E-state index contributed by atoms with van der Waals surface area (Å²) in [7, 11) is 0.